The first-order chi connectivity index (χ1) is 9.88. The summed E-state index contributed by atoms with van der Waals surface area (Å²) in [5, 5.41) is 0. The van der Waals surface area contributed by atoms with Gasteiger partial charge in [-0.15, -0.1) is 24.0 Å². The van der Waals surface area contributed by atoms with Crippen LogP contribution in [-0.4, -0.2) is 50.1 Å². The molecular formula is C14H22IN3O2S2. The third kappa shape index (κ3) is 5.31. The molecule has 1 aromatic rings. The van der Waals surface area contributed by atoms with E-state index in [9.17, 15) is 8.42 Å². The summed E-state index contributed by atoms with van der Waals surface area (Å²) in [5.74, 6) is 2.73. The van der Waals surface area contributed by atoms with Crippen LogP contribution in [-0.2, 0) is 16.4 Å². The van der Waals surface area contributed by atoms with Gasteiger partial charge in [-0.2, -0.15) is 11.8 Å². The van der Waals surface area contributed by atoms with E-state index in [1.807, 2.05) is 17.8 Å². The lowest BCUT2D eigenvalue weighted by molar-refractivity contribution is 0.455. The lowest BCUT2D eigenvalue weighted by Crippen LogP contribution is -2.42. The van der Waals surface area contributed by atoms with Crippen LogP contribution in [0.25, 0.3) is 0 Å². The Morgan fingerprint density at radius 3 is 2.55 bits per heavy atom. The second-order valence-electron chi connectivity index (χ2n) is 5.15. The fraction of sp³-hybridized carbons (Fsp3) is 0.500. The van der Waals surface area contributed by atoms with E-state index in [-0.39, 0.29) is 24.0 Å². The molecule has 5 nitrogen and oxygen atoms in total. The number of aryl methyl sites for hydroxylation is 1. The average molecular weight is 455 g/mol. The minimum atomic E-state index is -3.17. The zero-order valence-electron chi connectivity index (χ0n) is 12.8. The van der Waals surface area contributed by atoms with Crippen LogP contribution in [0.5, 0.6) is 0 Å². The smallest absolute Gasteiger partial charge is 0.191 e. The van der Waals surface area contributed by atoms with Crippen LogP contribution in [0.3, 0.4) is 0 Å². The molecule has 2 rings (SSSR count). The molecule has 1 saturated heterocycles. The quantitative estimate of drug-likeness (QED) is 0.428. The minimum Gasteiger partial charge on any atom is -0.370 e. The van der Waals surface area contributed by atoms with Crippen molar-refractivity contribution >= 4 is 51.5 Å². The van der Waals surface area contributed by atoms with Crippen LogP contribution in [0.4, 0.5) is 0 Å². The molecule has 1 heterocycles. The van der Waals surface area contributed by atoms with Crippen LogP contribution in [0.2, 0.25) is 0 Å². The number of halogens is 1. The third-order valence-electron chi connectivity index (χ3n) is 3.40. The maximum Gasteiger partial charge on any atom is 0.191 e. The van der Waals surface area contributed by atoms with Gasteiger partial charge in [0.05, 0.1) is 11.4 Å². The number of hydrogen-bond acceptors (Lipinski definition) is 4. The first-order valence-corrected chi connectivity index (χ1v) is 9.85. The zero-order valence-corrected chi connectivity index (χ0v) is 16.7. The summed E-state index contributed by atoms with van der Waals surface area (Å²) in [6.07, 6.45) is 1.22. The number of rotatable bonds is 3. The van der Waals surface area contributed by atoms with Gasteiger partial charge in [0.25, 0.3) is 0 Å². The van der Waals surface area contributed by atoms with Crippen molar-refractivity contribution in [3.63, 3.8) is 0 Å². The maximum absolute atomic E-state index is 11.6. The molecule has 8 heteroatoms. The van der Waals surface area contributed by atoms with Crippen molar-refractivity contribution in [3.8, 4) is 0 Å². The van der Waals surface area contributed by atoms with E-state index in [0.29, 0.717) is 17.4 Å². The van der Waals surface area contributed by atoms with Crippen LogP contribution < -0.4 is 5.73 Å². The summed E-state index contributed by atoms with van der Waals surface area (Å²) in [7, 11) is -3.17. The lowest BCUT2D eigenvalue weighted by Gasteiger charge is -2.27. The Morgan fingerprint density at radius 2 is 2.00 bits per heavy atom. The Kier molecular flexibility index (Phi) is 7.47. The van der Waals surface area contributed by atoms with Gasteiger partial charge in [-0.05, 0) is 24.1 Å². The molecule has 0 saturated carbocycles. The van der Waals surface area contributed by atoms with E-state index >= 15 is 0 Å². The Morgan fingerprint density at radius 1 is 1.36 bits per heavy atom. The summed E-state index contributed by atoms with van der Waals surface area (Å²) in [5.41, 5.74) is 7.72. The van der Waals surface area contributed by atoms with Gasteiger partial charge in [-0.3, -0.25) is 0 Å². The number of nitrogens with two attached hydrogens (primary N) is 1. The van der Waals surface area contributed by atoms with Crippen molar-refractivity contribution in [2.75, 3.05) is 30.9 Å². The fourth-order valence-corrected chi connectivity index (χ4v) is 4.15. The van der Waals surface area contributed by atoms with Crippen LogP contribution >= 0.6 is 35.7 Å². The molecule has 0 spiro atoms. The molecule has 0 aromatic heterocycles. The molecule has 0 bridgehead atoms. The summed E-state index contributed by atoms with van der Waals surface area (Å²) >= 11 is 1.93. The summed E-state index contributed by atoms with van der Waals surface area (Å²) < 4.78 is 23.2. The van der Waals surface area contributed by atoms with Gasteiger partial charge in [0, 0.05) is 30.9 Å². The van der Waals surface area contributed by atoms with E-state index in [0.717, 1.165) is 35.7 Å². The normalized spacial score (nSPS) is 16.3. The van der Waals surface area contributed by atoms with E-state index in [2.05, 4.69) is 9.89 Å². The average Bonchev–Trinajstić information content (AvgIpc) is 2.44. The van der Waals surface area contributed by atoms with Gasteiger partial charge in [0.2, 0.25) is 0 Å². The second kappa shape index (κ2) is 8.39. The first kappa shape index (κ1) is 19.6. The monoisotopic (exact) mass is 455 g/mol. The Hall–Kier alpha value is -0.480. The molecule has 0 radical (unpaired) electrons. The van der Waals surface area contributed by atoms with E-state index in [4.69, 9.17) is 5.73 Å². The zero-order chi connectivity index (χ0) is 15.5. The number of thioether (sulfide) groups is 1. The molecule has 1 aliphatic rings. The minimum absolute atomic E-state index is 0. The highest BCUT2D eigenvalue weighted by atomic mass is 127. The van der Waals surface area contributed by atoms with Crippen molar-refractivity contribution in [2.45, 2.75) is 18.4 Å². The number of hydrogen-bond donors (Lipinski definition) is 1. The van der Waals surface area contributed by atoms with Crippen molar-refractivity contribution in [2.24, 2.45) is 10.7 Å². The highest BCUT2D eigenvalue weighted by Crippen LogP contribution is 2.17. The highest BCUT2D eigenvalue weighted by Gasteiger charge is 2.13. The number of nitrogens with zero attached hydrogens (tertiary/aromatic N) is 2. The molecule has 0 amide bonds. The molecule has 0 atom stereocenters. The number of sulfone groups is 1. The Labute approximate surface area is 153 Å². The largest absolute Gasteiger partial charge is 0.370 e. The topological polar surface area (TPSA) is 75.8 Å². The predicted molar refractivity (Wildman–Crippen MR) is 104 cm³/mol. The maximum atomic E-state index is 11.6. The molecule has 22 heavy (non-hydrogen) atoms. The van der Waals surface area contributed by atoms with Gasteiger partial charge in [-0.25, -0.2) is 13.4 Å². The molecule has 1 aromatic carbocycles. The van der Waals surface area contributed by atoms with Crippen LogP contribution in [0.1, 0.15) is 11.1 Å². The number of benzene rings is 1. The summed E-state index contributed by atoms with van der Waals surface area (Å²) in [4.78, 5) is 6.88. The van der Waals surface area contributed by atoms with Crippen molar-refractivity contribution in [1.29, 1.82) is 0 Å². The summed E-state index contributed by atoms with van der Waals surface area (Å²) in [6.45, 7) is 4.15. The van der Waals surface area contributed by atoms with Crippen molar-refractivity contribution in [1.82, 2.24) is 4.90 Å². The first-order valence-electron chi connectivity index (χ1n) is 6.80. The van der Waals surface area contributed by atoms with Gasteiger partial charge < -0.3 is 10.6 Å². The molecule has 2 N–H and O–H groups in total. The van der Waals surface area contributed by atoms with Crippen molar-refractivity contribution in [3.05, 3.63) is 29.3 Å². The molecule has 124 valence electrons. The third-order valence-corrected chi connectivity index (χ3v) is 5.60. The van der Waals surface area contributed by atoms with Crippen molar-refractivity contribution < 1.29 is 8.42 Å². The Balaban J connectivity index is 0.00000242. The van der Waals surface area contributed by atoms with Crippen LogP contribution in [0, 0.1) is 6.92 Å². The highest BCUT2D eigenvalue weighted by molar-refractivity contribution is 14.0. The van der Waals surface area contributed by atoms with E-state index in [1.54, 1.807) is 19.1 Å². The molecule has 0 unspecified atom stereocenters. The van der Waals surface area contributed by atoms with Gasteiger partial charge in [0.15, 0.2) is 15.8 Å². The number of aliphatic imine (C=N–C) groups is 1. The molecular weight excluding hydrogens is 433 g/mol. The summed E-state index contributed by atoms with van der Waals surface area (Å²) in [6, 6.07) is 5.30. The second-order valence-corrected chi connectivity index (χ2v) is 8.35. The van der Waals surface area contributed by atoms with Gasteiger partial charge >= 0.3 is 0 Å². The molecule has 0 aliphatic carbocycles. The lowest BCUT2D eigenvalue weighted by atomic mass is 10.1. The van der Waals surface area contributed by atoms with E-state index < -0.39 is 9.84 Å². The van der Waals surface area contributed by atoms with Crippen LogP contribution in [0.15, 0.2) is 28.1 Å². The van der Waals surface area contributed by atoms with Gasteiger partial charge in [-0.1, -0.05) is 12.1 Å². The SMILES string of the molecule is Cc1cc(CN=C(N)N2CCSCC2)ccc1S(C)(=O)=O.I. The fourth-order valence-electron chi connectivity index (χ4n) is 2.29. The predicted octanol–water partition coefficient (Wildman–Crippen LogP) is 1.88. The molecule has 1 fully saturated rings. The molecule has 1 aliphatic heterocycles. The Bertz CT molecular complexity index is 641. The van der Waals surface area contributed by atoms with Gasteiger partial charge in [0.1, 0.15) is 0 Å². The standard InChI is InChI=1S/C14H21N3O2S2.HI/c1-11-9-12(3-4-13(11)21(2,18)19)10-16-14(15)17-5-7-20-8-6-17;/h3-4,9H,5-8,10H2,1-2H3,(H2,15,16);1H. The number of guanidine groups is 1. The van der Waals surface area contributed by atoms with E-state index in [1.165, 1.54) is 6.26 Å².